The van der Waals surface area contributed by atoms with Gasteiger partial charge in [0.1, 0.15) is 0 Å². The van der Waals surface area contributed by atoms with Gasteiger partial charge in [0.2, 0.25) is 0 Å². The van der Waals surface area contributed by atoms with E-state index in [9.17, 15) is 0 Å². The maximum Gasteiger partial charge on any atom is 0.0548 e. The molecule has 0 aliphatic heterocycles. The molecule has 0 aliphatic carbocycles. The summed E-state index contributed by atoms with van der Waals surface area (Å²) >= 11 is 9.30. The van der Waals surface area contributed by atoms with Gasteiger partial charge in [0.15, 0.2) is 0 Å². The standard InChI is InChI=1S/C11H16BrClN2/c12-9-7-8(4-5-10(9)13)11(15)3-1-2-6-14/h4-5,7,11H,1-3,6,14-15H2/t11-/m1/s1. The molecule has 0 saturated heterocycles. The first kappa shape index (κ1) is 13.0. The first-order valence-corrected chi connectivity index (χ1v) is 6.23. The molecule has 4 N–H and O–H groups in total. The van der Waals surface area contributed by atoms with Gasteiger partial charge in [-0.1, -0.05) is 24.1 Å². The van der Waals surface area contributed by atoms with Gasteiger partial charge in [0, 0.05) is 10.5 Å². The number of hydrogen-bond donors (Lipinski definition) is 2. The monoisotopic (exact) mass is 290 g/mol. The highest BCUT2D eigenvalue weighted by molar-refractivity contribution is 9.10. The summed E-state index contributed by atoms with van der Waals surface area (Å²) in [6, 6.07) is 5.89. The average Bonchev–Trinajstić information content (AvgIpc) is 2.22. The Hall–Kier alpha value is -0.0900. The largest absolute Gasteiger partial charge is 0.330 e. The summed E-state index contributed by atoms with van der Waals surface area (Å²) in [5, 5.41) is 0.716. The van der Waals surface area contributed by atoms with Crippen molar-refractivity contribution in [3.8, 4) is 0 Å². The van der Waals surface area contributed by atoms with Crippen LogP contribution < -0.4 is 11.5 Å². The topological polar surface area (TPSA) is 52.0 Å². The van der Waals surface area contributed by atoms with Gasteiger partial charge in [-0.2, -0.15) is 0 Å². The van der Waals surface area contributed by atoms with Crippen LogP contribution in [-0.4, -0.2) is 6.54 Å². The zero-order chi connectivity index (χ0) is 11.3. The molecule has 0 amide bonds. The van der Waals surface area contributed by atoms with Gasteiger partial charge in [-0.15, -0.1) is 0 Å². The van der Waals surface area contributed by atoms with Crippen molar-refractivity contribution >= 4 is 27.5 Å². The average molecular weight is 292 g/mol. The molecule has 1 atom stereocenters. The van der Waals surface area contributed by atoms with Crippen molar-refractivity contribution in [2.45, 2.75) is 25.3 Å². The molecular formula is C11H16BrClN2. The molecular weight excluding hydrogens is 275 g/mol. The van der Waals surface area contributed by atoms with Crippen molar-refractivity contribution in [2.75, 3.05) is 6.54 Å². The van der Waals surface area contributed by atoms with E-state index in [1.165, 1.54) is 0 Å². The molecule has 0 saturated carbocycles. The lowest BCUT2D eigenvalue weighted by Gasteiger charge is -2.12. The Balaban J connectivity index is 2.57. The quantitative estimate of drug-likeness (QED) is 0.818. The molecule has 0 unspecified atom stereocenters. The van der Waals surface area contributed by atoms with Crippen LogP contribution in [0.1, 0.15) is 30.9 Å². The fourth-order valence-corrected chi connectivity index (χ4v) is 1.93. The number of rotatable bonds is 5. The fourth-order valence-electron chi connectivity index (χ4n) is 1.42. The summed E-state index contributed by atoms with van der Waals surface area (Å²) in [6.07, 6.45) is 3.06. The number of benzene rings is 1. The van der Waals surface area contributed by atoms with Crippen molar-refractivity contribution in [3.63, 3.8) is 0 Å². The SMILES string of the molecule is NCCCC[C@@H](N)c1ccc(Cl)c(Br)c1. The van der Waals surface area contributed by atoms with Gasteiger partial charge < -0.3 is 11.5 Å². The molecule has 1 rings (SSSR count). The summed E-state index contributed by atoms with van der Waals surface area (Å²) in [5.74, 6) is 0. The Bertz CT molecular complexity index is 317. The zero-order valence-electron chi connectivity index (χ0n) is 8.55. The third-order valence-corrected chi connectivity index (χ3v) is 3.56. The maximum atomic E-state index is 6.05. The Morgan fingerprint density at radius 1 is 1.33 bits per heavy atom. The maximum absolute atomic E-state index is 6.05. The van der Waals surface area contributed by atoms with Crippen molar-refractivity contribution in [1.82, 2.24) is 0 Å². The van der Waals surface area contributed by atoms with E-state index in [4.69, 9.17) is 23.1 Å². The van der Waals surface area contributed by atoms with Crippen LogP contribution in [0.2, 0.25) is 5.02 Å². The van der Waals surface area contributed by atoms with Gasteiger partial charge in [0.25, 0.3) is 0 Å². The van der Waals surface area contributed by atoms with Crippen molar-refractivity contribution in [2.24, 2.45) is 11.5 Å². The summed E-state index contributed by atoms with van der Waals surface area (Å²) < 4.78 is 0.899. The van der Waals surface area contributed by atoms with Crippen molar-refractivity contribution < 1.29 is 0 Å². The van der Waals surface area contributed by atoms with E-state index in [1.54, 1.807) is 0 Å². The van der Waals surface area contributed by atoms with Crippen LogP contribution in [0, 0.1) is 0 Å². The Labute approximate surface area is 104 Å². The second-order valence-electron chi connectivity index (χ2n) is 3.56. The van der Waals surface area contributed by atoms with Crippen LogP contribution in [0.5, 0.6) is 0 Å². The Morgan fingerprint density at radius 3 is 2.67 bits per heavy atom. The minimum absolute atomic E-state index is 0.0742. The van der Waals surface area contributed by atoms with Gasteiger partial charge in [-0.3, -0.25) is 0 Å². The third-order valence-electron chi connectivity index (χ3n) is 2.34. The van der Waals surface area contributed by atoms with E-state index in [0.29, 0.717) is 5.02 Å². The molecule has 0 aromatic heterocycles. The lowest BCUT2D eigenvalue weighted by molar-refractivity contribution is 0.591. The van der Waals surface area contributed by atoms with E-state index in [-0.39, 0.29) is 6.04 Å². The van der Waals surface area contributed by atoms with Gasteiger partial charge in [0.05, 0.1) is 5.02 Å². The Kier molecular flexibility index (Phi) is 5.61. The highest BCUT2D eigenvalue weighted by Gasteiger charge is 2.07. The summed E-state index contributed by atoms with van der Waals surface area (Å²) in [4.78, 5) is 0. The molecule has 84 valence electrons. The van der Waals surface area contributed by atoms with Gasteiger partial charge >= 0.3 is 0 Å². The first-order chi connectivity index (χ1) is 7.15. The minimum Gasteiger partial charge on any atom is -0.330 e. The van der Waals surface area contributed by atoms with Crippen LogP contribution in [0.15, 0.2) is 22.7 Å². The van der Waals surface area contributed by atoms with E-state index >= 15 is 0 Å². The molecule has 0 aliphatic rings. The number of nitrogens with two attached hydrogens (primary N) is 2. The summed E-state index contributed by atoms with van der Waals surface area (Å²) in [5.41, 5.74) is 12.6. The van der Waals surface area contributed by atoms with Crippen LogP contribution in [-0.2, 0) is 0 Å². The highest BCUT2D eigenvalue weighted by Crippen LogP contribution is 2.26. The first-order valence-electron chi connectivity index (χ1n) is 5.05. The van der Waals surface area contributed by atoms with Gasteiger partial charge in [-0.05, 0) is 53.0 Å². The molecule has 0 spiro atoms. The Morgan fingerprint density at radius 2 is 2.07 bits per heavy atom. The van der Waals surface area contributed by atoms with Crippen LogP contribution >= 0.6 is 27.5 Å². The molecule has 0 bridgehead atoms. The second kappa shape index (κ2) is 6.48. The molecule has 1 aromatic rings. The lowest BCUT2D eigenvalue weighted by Crippen LogP contribution is -2.11. The molecule has 0 radical (unpaired) electrons. The number of unbranched alkanes of at least 4 members (excludes halogenated alkanes) is 1. The minimum atomic E-state index is 0.0742. The fraction of sp³-hybridized carbons (Fsp3) is 0.455. The van der Waals surface area contributed by atoms with Crippen molar-refractivity contribution in [3.05, 3.63) is 33.3 Å². The normalized spacial score (nSPS) is 12.8. The van der Waals surface area contributed by atoms with Crippen molar-refractivity contribution in [1.29, 1.82) is 0 Å². The highest BCUT2D eigenvalue weighted by atomic mass is 79.9. The molecule has 1 aromatic carbocycles. The summed E-state index contributed by atoms with van der Waals surface area (Å²) in [6.45, 7) is 0.733. The summed E-state index contributed by atoms with van der Waals surface area (Å²) in [7, 11) is 0. The molecule has 0 heterocycles. The molecule has 0 fully saturated rings. The smallest absolute Gasteiger partial charge is 0.0548 e. The molecule has 4 heteroatoms. The number of halogens is 2. The lowest BCUT2D eigenvalue weighted by atomic mass is 10.0. The van der Waals surface area contributed by atoms with E-state index in [1.807, 2.05) is 18.2 Å². The predicted molar refractivity (Wildman–Crippen MR) is 69.0 cm³/mol. The van der Waals surface area contributed by atoms with E-state index in [2.05, 4.69) is 15.9 Å². The van der Waals surface area contributed by atoms with Gasteiger partial charge in [-0.25, -0.2) is 0 Å². The van der Waals surface area contributed by atoms with E-state index < -0.39 is 0 Å². The van der Waals surface area contributed by atoms with E-state index in [0.717, 1.165) is 35.8 Å². The third kappa shape index (κ3) is 4.11. The second-order valence-corrected chi connectivity index (χ2v) is 4.83. The van der Waals surface area contributed by atoms with Crippen LogP contribution in [0.3, 0.4) is 0 Å². The number of hydrogen-bond acceptors (Lipinski definition) is 2. The zero-order valence-corrected chi connectivity index (χ0v) is 10.9. The predicted octanol–water partition coefficient (Wildman–Crippen LogP) is 3.23. The molecule has 2 nitrogen and oxygen atoms in total. The van der Waals surface area contributed by atoms with Crippen LogP contribution in [0.4, 0.5) is 0 Å². The van der Waals surface area contributed by atoms with Crippen LogP contribution in [0.25, 0.3) is 0 Å². The molecule has 15 heavy (non-hydrogen) atoms.